The van der Waals surface area contributed by atoms with Crippen molar-refractivity contribution in [3.8, 4) is 11.3 Å². The number of amides is 1. The number of hydrogen-bond donors (Lipinski definition) is 2. The molecule has 2 N–H and O–H groups in total. The lowest BCUT2D eigenvalue weighted by atomic mass is 10.1. The highest BCUT2D eigenvalue weighted by Gasteiger charge is 2.28. The van der Waals surface area contributed by atoms with Crippen molar-refractivity contribution in [3.05, 3.63) is 33.6 Å². The van der Waals surface area contributed by atoms with Gasteiger partial charge in [-0.15, -0.1) is 0 Å². The maximum atomic E-state index is 12.4. The van der Waals surface area contributed by atoms with E-state index in [4.69, 9.17) is 5.11 Å². The molecule has 0 aromatic carbocycles. The molecule has 0 aliphatic rings. The number of carbonyl (C=O) groups is 2. The lowest BCUT2D eigenvalue weighted by Gasteiger charge is -2.09. The maximum Gasteiger partial charge on any atom is 0.410 e. The number of halogens is 3. The molecule has 2 rings (SSSR count). The van der Waals surface area contributed by atoms with E-state index < -0.39 is 30.2 Å². The van der Waals surface area contributed by atoms with Crippen LogP contribution in [0.25, 0.3) is 11.3 Å². The van der Waals surface area contributed by atoms with Crippen molar-refractivity contribution in [3.63, 3.8) is 0 Å². The molecular weight excluding hydrogens is 351 g/mol. The van der Waals surface area contributed by atoms with Gasteiger partial charge in [0.15, 0.2) is 10.9 Å². The van der Waals surface area contributed by atoms with Crippen LogP contribution in [0.4, 0.5) is 23.1 Å². The fourth-order valence-electron chi connectivity index (χ4n) is 1.88. The Bertz CT molecular complexity index is 857. The van der Waals surface area contributed by atoms with E-state index in [1.807, 2.05) is 5.32 Å². The number of aromatic nitrogens is 2. The Kier molecular flexibility index (Phi) is 4.73. The second-order valence-corrected chi connectivity index (χ2v) is 5.68. The van der Waals surface area contributed by atoms with Gasteiger partial charge in [0.2, 0.25) is 0 Å². The van der Waals surface area contributed by atoms with Gasteiger partial charge in [0.05, 0.1) is 10.6 Å². The van der Waals surface area contributed by atoms with Gasteiger partial charge in [-0.3, -0.25) is 14.9 Å². The number of nitrogens with zero attached hydrogens (tertiary/aromatic N) is 2. The van der Waals surface area contributed by atoms with Crippen LogP contribution in [0, 0.1) is 0 Å². The Morgan fingerprint density at radius 2 is 2.08 bits per heavy atom. The normalized spacial score (nSPS) is 11.3. The van der Waals surface area contributed by atoms with Crippen LogP contribution in [0.2, 0.25) is 0 Å². The van der Waals surface area contributed by atoms with Crippen molar-refractivity contribution in [2.24, 2.45) is 0 Å². The molecule has 2 aromatic heterocycles. The smallest absolute Gasteiger partial charge is 0.410 e. The van der Waals surface area contributed by atoms with Gasteiger partial charge in [-0.2, -0.15) is 13.2 Å². The van der Waals surface area contributed by atoms with Gasteiger partial charge in [-0.1, -0.05) is 11.3 Å². The van der Waals surface area contributed by atoms with E-state index in [2.05, 4.69) is 4.98 Å². The van der Waals surface area contributed by atoms with E-state index in [1.165, 1.54) is 13.0 Å². The van der Waals surface area contributed by atoms with Crippen molar-refractivity contribution in [1.29, 1.82) is 0 Å². The third kappa shape index (κ3) is 4.19. The zero-order valence-electron chi connectivity index (χ0n) is 12.0. The monoisotopic (exact) mass is 361 g/mol. The minimum atomic E-state index is -4.55. The zero-order valence-corrected chi connectivity index (χ0v) is 12.9. The highest BCUT2D eigenvalue weighted by Crippen LogP contribution is 2.31. The average Bonchev–Trinajstić information content (AvgIpc) is 2.83. The molecule has 128 valence electrons. The van der Waals surface area contributed by atoms with Gasteiger partial charge in [0.1, 0.15) is 6.54 Å². The molecule has 1 amide bonds. The third-order valence-corrected chi connectivity index (χ3v) is 3.85. The molecule has 0 unspecified atom stereocenters. The third-order valence-electron chi connectivity index (χ3n) is 2.78. The van der Waals surface area contributed by atoms with Crippen LogP contribution in [-0.4, -0.2) is 32.7 Å². The summed E-state index contributed by atoms with van der Waals surface area (Å²) in [6.45, 7) is -0.207. The number of alkyl halides is 3. The highest BCUT2D eigenvalue weighted by molar-refractivity contribution is 7.18. The Labute approximate surface area is 136 Å². The van der Waals surface area contributed by atoms with Gasteiger partial charge in [-0.25, -0.2) is 9.78 Å². The lowest BCUT2D eigenvalue weighted by molar-refractivity contribution is -0.141. The second-order valence-electron chi connectivity index (χ2n) is 4.68. The second kappa shape index (κ2) is 6.43. The van der Waals surface area contributed by atoms with Gasteiger partial charge >= 0.3 is 12.3 Å². The van der Waals surface area contributed by atoms with Crippen molar-refractivity contribution in [2.75, 3.05) is 5.32 Å². The number of anilines is 1. The van der Waals surface area contributed by atoms with E-state index in [9.17, 15) is 27.6 Å². The van der Waals surface area contributed by atoms with Gasteiger partial charge in [-0.05, 0) is 6.07 Å². The molecule has 0 saturated heterocycles. The summed E-state index contributed by atoms with van der Waals surface area (Å²) >= 11 is 0.769. The lowest BCUT2D eigenvalue weighted by Crippen LogP contribution is -2.27. The molecule has 7 nitrogen and oxygen atoms in total. The summed E-state index contributed by atoms with van der Waals surface area (Å²) in [6.07, 6.45) is -4.99. The van der Waals surface area contributed by atoms with Crippen LogP contribution in [0.5, 0.6) is 0 Å². The molecule has 11 heteroatoms. The highest BCUT2D eigenvalue weighted by atomic mass is 32.1. The Balaban J connectivity index is 2.46. The first-order chi connectivity index (χ1) is 11.1. The number of pyridine rings is 1. The maximum absolute atomic E-state index is 12.4. The van der Waals surface area contributed by atoms with Gasteiger partial charge < -0.3 is 9.67 Å². The van der Waals surface area contributed by atoms with Gasteiger partial charge in [0, 0.05) is 24.8 Å². The van der Waals surface area contributed by atoms with Crippen molar-refractivity contribution < 1.29 is 27.9 Å². The first-order valence-electron chi connectivity index (χ1n) is 6.36. The molecule has 0 saturated carbocycles. The Morgan fingerprint density at radius 3 is 2.58 bits per heavy atom. The zero-order chi connectivity index (χ0) is 18.1. The van der Waals surface area contributed by atoms with Crippen LogP contribution in [0.15, 0.2) is 23.1 Å². The van der Waals surface area contributed by atoms with Crippen LogP contribution >= 0.6 is 11.3 Å². The number of Topliss-reactive ketones (excluding diaryl/α,β-unsaturated/α-hetero) is 1. The molecule has 0 fully saturated rings. The molecular formula is C13H10F3N3O4S. The number of rotatable bonds is 4. The van der Waals surface area contributed by atoms with Crippen LogP contribution in [0.1, 0.15) is 16.6 Å². The van der Waals surface area contributed by atoms with E-state index in [0.717, 1.165) is 23.6 Å². The number of hydrogen-bond acceptors (Lipinski definition) is 5. The van der Waals surface area contributed by atoms with Crippen molar-refractivity contribution >= 4 is 28.3 Å². The fourth-order valence-corrected chi connectivity index (χ4v) is 2.75. The van der Waals surface area contributed by atoms with E-state index in [0.29, 0.717) is 4.57 Å². The average molecular weight is 361 g/mol. The summed E-state index contributed by atoms with van der Waals surface area (Å²) in [4.78, 5) is 38.1. The van der Waals surface area contributed by atoms with E-state index in [-0.39, 0.29) is 21.3 Å². The van der Waals surface area contributed by atoms with Gasteiger partial charge in [0.25, 0.3) is 5.56 Å². The predicted octanol–water partition coefficient (Wildman–Crippen LogP) is 2.83. The standard InChI is InChI=1S/C13H10F3N3O4S/c1-6(20)10-9(17-11(24-10)18-12(22)23)7-2-3-19(8(21)4-7)5-13(14,15)16/h2-4H,5H2,1H3,(H,17,18)(H,22,23). The summed E-state index contributed by atoms with van der Waals surface area (Å²) in [5.74, 6) is -0.416. The quantitative estimate of drug-likeness (QED) is 0.816. The molecule has 0 spiro atoms. The summed E-state index contributed by atoms with van der Waals surface area (Å²) in [6, 6.07) is 2.12. The number of thiazole rings is 1. The molecule has 0 aliphatic carbocycles. The molecule has 24 heavy (non-hydrogen) atoms. The predicted molar refractivity (Wildman–Crippen MR) is 79.5 cm³/mol. The van der Waals surface area contributed by atoms with E-state index in [1.54, 1.807) is 0 Å². The summed E-state index contributed by atoms with van der Waals surface area (Å²) in [5, 5.41) is 10.6. The summed E-state index contributed by atoms with van der Waals surface area (Å²) in [7, 11) is 0. The van der Waals surface area contributed by atoms with Crippen molar-refractivity contribution in [2.45, 2.75) is 19.6 Å². The summed E-state index contributed by atoms with van der Waals surface area (Å²) in [5.41, 5.74) is -0.758. The van der Waals surface area contributed by atoms with Crippen LogP contribution < -0.4 is 10.9 Å². The Hall–Kier alpha value is -2.69. The number of ketones is 1. The molecule has 2 heterocycles. The summed E-state index contributed by atoms with van der Waals surface area (Å²) < 4.78 is 37.6. The Morgan fingerprint density at radius 1 is 1.42 bits per heavy atom. The largest absolute Gasteiger partial charge is 0.465 e. The number of carboxylic acid groups (broad SMARTS) is 1. The molecule has 0 radical (unpaired) electrons. The molecule has 0 aliphatic heterocycles. The molecule has 2 aromatic rings. The minimum absolute atomic E-state index is 0.0347. The van der Waals surface area contributed by atoms with Crippen LogP contribution in [-0.2, 0) is 6.54 Å². The fraction of sp³-hybridized carbons (Fsp3) is 0.231. The topological polar surface area (TPSA) is 101 Å². The SMILES string of the molecule is CC(=O)c1sc(NC(=O)O)nc1-c1ccn(CC(F)(F)F)c(=O)c1. The first kappa shape index (κ1) is 17.7. The van der Waals surface area contributed by atoms with E-state index >= 15 is 0 Å². The van der Waals surface area contributed by atoms with Crippen LogP contribution in [0.3, 0.4) is 0 Å². The number of nitrogens with one attached hydrogen (secondary N) is 1. The molecule has 0 atom stereocenters. The number of carbonyl (C=O) groups excluding carboxylic acids is 1. The molecule has 0 bridgehead atoms. The first-order valence-corrected chi connectivity index (χ1v) is 7.18. The minimum Gasteiger partial charge on any atom is -0.465 e. The van der Waals surface area contributed by atoms with Crippen molar-refractivity contribution in [1.82, 2.24) is 9.55 Å².